The van der Waals surface area contributed by atoms with Gasteiger partial charge in [0.05, 0.1) is 7.11 Å². The van der Waals surface area contributed by atoms with Crippen molar-refractivity contribution in [3.63, 3.8) is 0 Å². The Kier molecular flexibility index (Phi) is 3.93. The third-order valence-corrected chi connectivity index (χ3v) is 1.87. The molecule has 0 aliphatic carbocycles. The number of phenolic OH excluding ortho intramolecular Hbond substituents is 1. The maximum absolute atomic E-state index is 11.4. The molecule has 4 N–H and O–H groups in total. The molecule has 0 atom stereocenters. The van der Waals surface area contributed by atoms with Gasteiger partial charge in [-0.05, 0) is 18.2 Å². The summed E-state index contributed by atoms with van der Waals surface area (Å²) in [5.41, 5.74) is 5.62. The fraction of sp³-hybridized carbons (Fsp3) is 0.300. The Hall–Kier alpha value is -1.75. The van der Waals surface area contributed by atoms with Crippen molar-refractivity contribution in [3.8, 4) is 11.5 Å². The molecule has 1 aromatic rings. The van der Waals surface area contributed by atoms with Crippen molar-refractivity contribution in [3.05, 3.63) is 23.8 Å². The number of benzene rings is 1. The molecule has 0 unspecified atom stereocenters. The number of amides is 1. The van der Waals surface area contributed by atoms with Crippen LogP contribution in [0.3, 0.4) is 0 Å². The zero-order chi connectivity index (χ0) is 11.3. The number of aromatic hydroxyl groups is 1. The zero-order valence-electron chi connectivity index (χ0n) is 8.49. The van der Waals surface area contributed by atoms with E-state index >= 15 is 0 Å². The molecular weight excluding hydrogens is 196 g/mol. The van der Waals surface area contributed by atoms with Gasteiger partial charge in [-0.3, -0.25) is 4.79 Å². The van der Waals surface area contributed by atoms with Crippen LogP contribution in [0.4, 0.5) is 0 Å². The summed E-state index contributed by atoms with van der Waals surface area (Å²) in [7, 11) is 1.45. The van der Waals surface area contributed by atoms with Crippen molar-refractivity contribution in [2.24, 2.45) is 5.73 Å². The predicted octanol–water partition coefficient (Wildman–Crippen LogP) is 0.0893. The van der Waals surface area contributed by atoms with E-state index in [1.807, 2.05) is 0 Å². The average molecular weight is 210 g/mol. The van der Waals surface area contributed by atoms with E-state index in [1.54, 1.807) is 6.07 Å². The van der Waals surface area contributed by atoms with Gasteiger partial charge in [0.2, 0.25) is 0 Å². The standard InChI is InChI=1S/C10H14N2O3/c1-15-9-3-2-7(6-8(9)13)10(14)12-5-4-11/h2-3,6,13H,4-5,11H2,1H3,(H,12,14). The molecule has 0 heterocycles. The van der Waals surface area contributed by atoms with Crippen molar-refractivity contribution in [2.75, 3.05) is 20.2 Å². The third kappa shape index (κ3) is 2.85. The van der Waals surface area contributed by atoms with E-state index in [1.165, 1.54) is 19.2 Å². The van der Waals surface area contributed by atoms with Crippen molar-refractivity contribution < 1.29 is 14.6 Å². The lowest BCUT2D eigenvalue weighted by molar-refractivity contribution is 0.0954. The van der Waals surface area contributed by atoms with Crippen LogP contribution >= 0.6 is 0 Å². The van der Waals surface area contributed by atoms with E-state index in [2.05, 4.69) is 5.32 Å². The third-order valence-electron chi connectivity index (χ3n) is 1.87. The monoisotopic (exact) mass is 210 g/mol. The van der Waals surface area contributed by atoms with E-state index in [0.29, 0.717) is 24.4 Å². The first-order valence-corrected chi connectivity index (χ1v) is 4.54. The summed E-state index contributed by atoms with van der Waals surface area (Å²) in [5.74, 6) is 0.0154. The normalized spacial score (nSPS) is 9.73. The molecule has 0 spiro atoms. The van der Waals surface area contributed by atoms with Crippen LogP contribution in [0.1, 0.15) is 10.4 Å². The Labute approximate surface area is 87.9 Å². The number of rotatable bonds is 4. The highest BCUT2D eigenvalue weighted by Gasteiger charge is 2.08. The second kappa shape index (κ2) is 5.21. The van der Waals surface area contributed by atoms with Crippen LogP contribution in [0.15, 0.2) is 18.2 Å². The largest absolute Gasteiger partial charge is 0.504 e. The van der Waals surface area contributed by atoms with E-state index in [9.17, 15) is 9.90 Å². The van der Waals surface area contributed by atoms with Crippen LogP contribution in [0, 0.1) is 0 Å². The van der Waals surface area contributed by atoms with Crippen molar-refractivity contribution in [1.82, 2.24) is 5.32 Å². The topological polar surface area (TPSA) is 84.6 Å². The van der Waals surface area contributed by atoms with Gasteiger partial charge in [-0.1, -0.05) is 0 Å². The maximum Gasteiger partial charge on any atom is 0.251 e. The summed E-state index contributed by atoms with van der Waals surface area (Å²) >= 11 is 0. The number of phenols is 1. The number of methoxy groups -OCH3 is 1. The predicted molar refractivity (Wildman–Crippen MR) is 56.0 cm³/mol. The summed E-state index contributed by atoms with van der Waals surface area (Å²) < 4.78 is 4.86. The van der Waals surface area contributed by atoms with Crippen LogP contribution in [0.25, 0.3) is 0 Å². The molecule has 0 aliphatic heterocycles. The highest BCUT2D eigenvalue weighted by Crippen LogP contribution is 2.25. The van der Waals surface area contributed by atoms with Crippen LogP contribution < -0.4 is 15.8 Å². The lowest BCUT2D eigenvalue weighted by Crippen LogP contribution is -2.28. The molecule has 0 radical (unpaired) electrons. The minimum Gasteiger partial charge on any atom is -0.504 e. The van der Waals surface area contributed by atoms with Crippen molar-refractivity contribution >= 4 is 5.91 Å². The second-order valence-electron chi connectivity index (χ2n) is 2.93. The number of nitrogens with two attached hydrogens (primary N) is 1. The molecule has 0 saturated carbocycles. The van der Waals surface area contributed by atoms with E-state index < -0.39 is 0 Å². The fourth-order valence-electron chi connectivity index (χ4n) is 1.12. The molecule has 1 aromatic carbocycles. The first-order valence-electron chi connectivity index (χ1n) is 4.54. The number of hydrogen-bond acceptors (Lipinski definition) is 4. The molecule has 5 nitrogen and oxygen atoms in total. The first kappa shape index (κ1) is 11.3. The SMILES string of the molecule is COc1ccc(C(=O)NCCN)cc1O. The number of hydrogen-bond donors (Lipinski definition) is 3. The molecule has 82 valence electrons. The molecule has 0 saturated heterocycles. The second-order valence-corrected chi connectivity index (χ2v) is 2.93. The van der Waals surface area contributed by atoms with Crippen LogP contribution in [0.5, 0.6) is 11.5 Å². The van der Waals surface area contributed by atoms with Gasteiger partial charge >= 0.3 is 0 Å². The molecule has 1 amide bonds. The minimum absolute atomic E-state index is 0.0575. The fourth-order valence-corrected chi connectivity index (χ4v) is 1.12. The van der Waals surface area contributed by atoms with Gasteiger partial charge in [0.15, 0.2) is 11.5 Å². The molecule has 0 bridgehead atoms. The number of carbonyl (C=O) groups is 1. The summed E-state index contributed by atoms with van der Waals surface area (Å²) in [6, 6.07) is 4.46. The van der Waals surface area contributed by atoms with Crippen molar-refractivity contribution in [1.29, 1.82) is 0 Å². The maximum atomic E-state index is 11.4. The van der Waals surface area contributed by atoms with E-state index in [0.717, 1.165) is 0 Å². The van der Waals surface area contributed by atoms with Crippen LogP contribution in [-0.4, -0.2) is 31.2 Å². The lowest BCUT2D eigenvalue weighted by atomic mass is 10.2. The smallest absolute Gasteiger partial charge is 0.251 e. The zero-order valence-corrected chi connectivity index (χ0v) is 8.49. The molecule has 0 aliphatic rings. The number of carbonyl (C=O) groups excluding carboxylic acids is 1. The molecular formula is C10H14N2O3. The Balaban J connectivity index is 2.78. The van der Waals surface area contributed by atoms with Gasteiger partial charge in [0.25, 0.3) is 5.91 Å². The number of ether oxygens (including phenoxy) is 1. The summed E-state index contributed by atoms with van der Waals surface area (Å²) in [6.45, 7) is 0.791. The van der Waals surface area contributed by atoms with Gasteiger partial charge < -0.3 is 20.9 Å². The molecule has 0 aromatic heterocycles. The molecule has 15 heavy (non-hydrogen) atoms. The number of nitrogens with one attached hydrogen (secondary N) is 1. The molecule has 5 heteroatoms. The Morgan fingerprint density at radius 3 is 2.87 bits per heavy atom. The van der Waals surface area contributed by atoms with Gasteiger partial charge in [0, 0.05) is 18.7 Å². The average Bonchev–Trinajstić information content (AvgIpc) is 2.25. The Morgan fingerprint density at radius 2 is 2.33 bits per heavy atom. The van der Waals surface area contributed by atoms with Crippen molar-refractivity contribution in [2.45, 2.75) is 0 Å². The van der Waals surface area contributed by atoms with Gasteiger partial charge in [0.1, 0.15) is 0 Å². The summed E-state index contributed by atoms with van der Waals surface area (Å²) in [5, 5.41) is 12.0. The van der Waals surface area contributed by atoms with Crippen LogP contribution in [-0.2, 0) is 0 Å². The molecule has 1 rings (SSSR count). The van der Waals surface area contributed by atoms with E-state index in [-0.39, 0.29) is 11.7 Å². The van der Waals surface area contributed by atoms with Gasteiger partial charge in [-0.15, -0.1) is 0 Å². The first-order chi connectivity index (χ1) is 7.19. The minimum atomic E-state index is -0.265. The lowest BCUT2D eigenvalue weighted by Gasteiger charge is -2.06. The summed E-state index contributed by atoms with van der Waals surface area (Å²) in [4.78, 5) is 11.4. The van der Waals surface area contributed by atoms with Gasteiger partial charge in [-0.2, -0.15) is 0 Å². The quantitative estimate of drug-likeness (QED) is 0.657. The Morgan fingerprint density at radius 1 is 1.60 bits per heavy atom. The van der Waals surface area contributed by atoms with Crippen LogP contribution in [0.2, 0.25) is 0 Å². The Bertz CT molecular complexity index is 353. The van der Waals surface area contributed by atoms with Gasteiger partial charge in [-0.25, -0.2) is 0 Å². The molecule has 0 fully saturated rings. The summed E-state index contributed by atoms with van der Waals surface area (Å²) in [6.07, 6.45) is 0. The van der Waals surface area contributed by atoms with E-state index in [4.69, 9.17) is 10.5 Å². The highest BCUT2D eigenvalue weighted by atomic mass is 16.5. The highest BCUT2D eigenvalue weighted by molar-refractivity contribution is 5.94.